The fourth-order valence-corrected chi connectivity index (χ4v) is 2.39. The first-order valence-electron chi connectivity index (χ1n) is 5.00. The SMILES string of the molecule is COC(=O)C(Cl)CC(C)(C)CC(C)C. The molecule has 14 heavy (non-hydrogen) atoms. The average molecular weight is 221 g/mol. The minimum Gasteiger partial charge on any atom is -0.468 e. The highest BCUT2D eigenvalue weighted by atomic mass is 35.5. The normalized spacial score (nSPS) is 14.2. The van der Waals surface area contributed by atoms with Crippen molar-refractivity contribution in [2.45, 2.75) is 45.9 Å². The van der Waals surface area contributed by atoms with E-state index in [1.54, 1.807) is 0 Å². The fourth-order valence-electron chi connectivity index (χ4n) is 1.88. The number of alkyl halides is 1. The van der Waals surface area contributed by atoms with Crippen LogP contribution in [-0.4, -0.2) is 18.5 Å². The summed E-state index contributed by atoms with van der Waals surface area (Å²) in [5, 5.41) is -0.520. The predicted octanol–water partition coefficient (Wildman–Crippen LogP) is 3.23. The number of carbonyl (C=O) groups excluding carboxylic acids is 1. The zero-order valence-electron chi connectivity index (χ0n) is 9.76. The number of ether oxygens (including phenoxy) is 1. The Kier molecular flexibility index (Phi) is 5.50. The summed E-state index contributed by atoms with van der Waals surface area (Å²) in [7, 11) is 1.37. The van der Waals surface area contributed by atoms with Crippen LogP contribution < -0.4 is 0 Å². The predicted molar refractivity (Wildman–Crippen MR) is 59.5 cm³/mol. The van der Waals surface area contributed by atoms with Gasteiger partial charge in [0.25, 0.3) is 0 Å². The maximum absolute atomic E-state index is 11.1. The van der Waals surface area contributed by atoms with Crippen LogP contribution in [0.15, 0.2) is 0 Å². The van der Waals surface area contributed by atoms with Crippen molar-refractivity contribution in [1.82, 2.24) is 0 Å². The number of methoxy groups -OCH3 is 1. The Labute approximate surface area is 92.0 Å². The summed E-state index contributed by atoms with van der Waals surface area (Å²) < 4.78 is 4.59. The second-order valence-corrected chi connectivity index (χ2v) is 5.48. The molecule has 0 saturated carbocycles. The second-order valence-electron chi connectivity index (χ2n) is 4.96. The molecule has 84 valence electrons. The lowest BCUT2D eigenvalue weighted by molar-refractivity contribution is -0.140. The Balaban J connectivity index is 4.14. The van der Waals surface area contributed by atoms with Crippen LogP contribution in [0.3, 0.4) is 0 Å². The van der Waals surface area contributed by atoms with E-state index in [1.165, 1.54) is 7.11 Å². The van der Waals surface area contributed by atoms with Crippen molar-refractivity contribution in [3.05, 3.63) is 0 Å². The van der Waals surface area contributed by atoms with Crippen molar-refractivity contribution < 1.29 is 9.53 Å². The molecule has 0 heterocycles. The third-order valence-electron chi connectivity index (χ3n) is 2.15. The number of carbonyl (C=O) groups is 1. The zero-order chi connectivity index (χ0) is 11.4. The third-order valence-corrected chi connectivity index (χ3v) is 2.48. The molecule has 1 unspecified atom stereocenters. The molecule has 0 radical (unpaired) electrons. The number of esters is 1. The standard InChI is InChI=1S/C11H21ClO2/c1-8(2)6-11(3,4)7-9(12)10(13)14-5/h8-9H,6-7H2,1-5H3. The molecule has 0 aromatic carbocycles. The molecule has 2 nitrogen and oxygen atoms in total. The van der Waals surface area contributed by atoms with E-state index >= 15 is 0 Å². The number of halogens is 1. The summed E-state index contributed by atoms with van der Waals surface area (Å²) in [4.78, 5) is 11.1. The minimum atomic E-state index is -0.520. The maximum atomic E-state index is 11.1. The second kappa shape index (κ2) is 5.59. The lowest BCUT2D eigenvalue weighted by Gasteiger charge is -2.28. The fraction of sp³-hybridized carbons (Fsp3) is 0.909. The molecule has 0 bridgehead atoms. The topological polar surface area (TPSA) is 26.3 Å². The summed E-state index contributed by atoms with van der Waals surface area (Å²) in [6.07, 6.45) is 1.73. The Morgan fingerprint density at radius 3 is 2.21 bits per heavy atom. The molecule has 0 rings (SSSR count). The van der Waals surface area contributed by atoms with Crippen molar-refractivity contribution in [2.24, 2.45) is 11.3 Å². The molecule has 0 amide bonds. The molecule has 1 atom stereocenters. The van der Waals surface area contributed by atoms with Gasteiger partial charge in [-0.3, -0.25) is 4.79 Å². The van der Waals surface area contributed by atoms with Gasteiger partial charge in [-0.1, -0.05) is 27.7 Å². The van der Waals surface area contributed by atoms with Gasteiger partial charge in [0.2, 0.25) is 0 Å². The first kappa shape index (κ1) is 13.8. The number of rotatable bonds is 5. The summed E-state index contributed by atoms with van der Waals surface area (Å²) in [6.45, 7) is 8.60. The van der Waals surface area contributed by atoms with E-state index in [2.05, 4.69) is 32.4 Å². The van der Waals surface area contributed by atoms with Gasteiger partial charge in [0.05, 0.1) is 7.11 Å². The van der Waals surface area contributed by atoms with E-state index in [9.17, 15) is 4.79 Å². The molecule has 3 heteroatoms. The van der Waals surface area contributed by atoms with Gasteiger partial charge < -0.3 is 4.74 Å². The Morgan fingerprint density at radius 1 is 1.36 bits per heavy atom. The maximum Gasteiger partial charge on any atom is 0.323 e. The first-order valence-corrected chi connectivity index (χ1v) is 5.44. The monoisotopic (exact) mass is 220 g/mol. The molecule has 0 aromatic heterocycles. The van der Waals surface area contributed by atoms with Gasteiger partial charge in [-0.15, -0.1) is 11.6 Å². The van der Waals surface area contributed by atoms with E-state index in [0.29, 0.717) is 12.3 Å². The Hall–Kier alpha value is -0.240. The lowest BCUT2D eigenvalue weighted by atomic mass is 9.80. The smallest absolute Gasteiger partial charge is 0.323 e. The van der Waals surface area contributed by atoms with E-state index in [4.69, 9.17) is 11.6 Å². The minimum absolute atomic E-state index is 0.0920. The van der Waals surface area contributed by atoms with E-state index in [1.807, 2.05) is 0 Å². The quantitative estimate of drug-likeness (QED) is 0.525. The highest BCUT2D eigenvalue weighted by Gasteiger charge is 2.27. The molecular weight excluding hydrogens is 200 g/mol. The van der Waals surface area contributed by atoms with Crippen LogP contribution in [-0.2, 0) is 9.53 Å². The Morgan fingerprint density at radius 2 is 1.86 bits per heavy atom. The van der Waals surface area contributed by atoms with Crippen molar-refractivity contribution in [2.75, 3.05) is 7.11 Å². The molecule has 0 aliphatic carbocycles. The summed E-state index contributed by atoms with van der Waals surface area (Å²) in [5.41, 5.74) is 0.0920. The lowest BCUT2D eigenvalue weighted by Crippen LogP contribution is -2.25. The van der Waals surface area contributed by atoms with Crippen LogP contribution in [0.25, 0.3) is 0 Å². The average Bonchev–Trinajstić information content (AvgIpc) is 1.99. The molecule has 0 N–H and O–H groups in total. The highest BCUT2D eigenvalue weighted by Crippen LogP contribution is 2.32. The van der Waals surface area contributed by atoms with Gasteiger partial charge >= 0.3 is 5.97 Å². The largest absolute Gasteiger partial charge is 0.468 e. The van der Waals surface area contributed by atoms with Gasteiger partial charge in [-0.2, -0.15) is 0 Å². The Bertz CT molecular complexity index is 188. The molecule has 0 aromatic rings. The van der Waals surface area contributed by atoms with Gasteiger partial charge in [-0.05, 0) is 24.2 Å². The van der Waals surface area contributed by atoms with Crippen molar-refractivity contribution in [1.29, 1.82) is 0 Å². The van der Waals surface area contributed by atoms with Gasteiger partial charge in [0, 0.05) is 0 Å². The summed E-state index contributed by atoms with van der Waals surface area (Å²) in [6, 6.07) is 0. The number of hydrogen-bond acceptors (Lipinski definition) is 2. The highest BCUT2D eigenvalue weighted by molar-refractivity contribution is 6.29. The van der Waals surface area contributed by atoms with Crippen molar-refractivity contribution in [3.8, 4) is 0 Å². The van der Waals surface area contributed by atoms with E-state index in [-0.39, 0.29) is 11.4 Å². The van der Waals surface area contributed by atoms with E-state index in [0.717, 1.165) is 6.42 Å². The van der Waals surface area contributed by atoms with Crippen LogP contribution in [0, 0.1) is 11.3 Å². The van der Waals surface area contributed by atoms with Crippen LogP contribution in [0.5, 0.6) is 0 Å². The van der Waals surface area contributed by atoms with Crippen molar-refractivity contribution in [3.63, 3.8) is 0 Å². The third kappa shape index (κ3) is 5.48. The van der Waals surface area contributed by atoms with Crippen molar-refractivity contribution >= 4 is 17.6 Å². The van der Waals surface area contributed by atoms with Gasteiger partial charge in [-0.25, -0.2) is 0 Å². The van der Waals surface area contributed by atoms with Gasteiger partial charge in [0.1, 0.15) is 5.38 Å². The molecular formula is C11H21ClO2. The van der Waals surface area contributed by atoms with E-state index < -0.39 is 5.38 Å². The number of hydrogen-bond donors (Lipinski definition) is 0. The van der Waals surface area contributed by atoms with Gasteiger partial charge in [0.15, 0.2) is 0 Å². The molecule has 0 saturated heterocycles. The summed E-state index contributed by atoms with van der Waals surface area (Å²) in [5.74, 6) is 0.287. The molecule has 0 aliphatic rings. The molecule has 0 spiro atoms. The van der Waals surface area contributed by atoms with Crippen LogP contribution in [0.4, 0.5) is 0 Å². The molecule has 0 fully saturated rings. The first-order chi connectivity index (χ1) is 6.28. The van der Waals surface area contributed by atoms with Crippen LogP contribution >= 0.6 is 11.6 Å². The summed E-state index contributed by atoms with van der Waals surface area (Å²) >= 11 is 5.92. The molecule has 0 aliphatic heterocycles. The van der Waals surface area contributed by atoms with Crippen LogP contribution in [0.2, 0.25) is 0 Å². The van der Waals surface area contributed by atoms with Crippen LogP contribution in [0.1, 0.15) is 40.5 Å². The zero-order valence-corrected chi connectivity index (χ0v) is 10.5.